The molecule has 0 radical (unpaired) electrons. The van der Waals surface area contributed by atoms with E-state index in [0.717, 1.165) is 37.2 Å². The Hall–Kier alpha value is 0.629. The second-order valence-electron chi connectivity index (χ2n) is 15.1. The fraction of sp³-hybridized carbons (Fsp3) is 0.600. The molecule has 4 aliphatic carbocycles. The molecule has 2 atom stereocenters. The van der Waals surface area contributed by atoms with Crippen LogP contribution in [0.2, 0.25) is 0 Å². The minimum Gasteiger partial charge on any atom is -1.00 e. The summed E-state index contributed by atoms with van der Waals surface area (Å²) < 4.78 is 0.261. The second-order valence-corrected chi connectivity index (χ2v) is 18.2. The molecule has 0 fully saturated rings. The third kappa shape index (κ3) is 9.90. The monoisotopic (exact) mass is 768 g/mol. The van der Waals surface area contributed by atoms with Crippen LogP contribution < -0.4 is 24.8 Å². The van der Waals surface area contributed by atoms with Gasteiger partial charge in [0.2, 0.25) is 0 Å². The van der Waals surface area contributed by atoms with Crippen LogP contribution in [0.3, 0.4) is 0 Å². The van der Waals surface area contributed by atoms with Crippen molar-refractivity contribution in [2.75, 3.05) is 11.5 Å². The average molecular weight is 770 g/mol. The Labute approximate surface area is 335 Å². The zero-order valence-electron chi connectivity index (χ0n) is 30.6. The first-order valence-electron chi connectivity index (χ1n) is 16.1. The Morgan fingerprint density at radius 1 is 0.587 bits per heavy atom. The maximum absolute atomic E-state index is 3.59. The summed E-state index contributed by atoms with van der Waals surface area (Å²) in [6.07, 6.45) is 34.3. The fourth-order valence-electron chi connectivity index (χ4n) is 7.41. The predicted molar refractivity (Wildman–Crippen MR) is 193 cm³/mol. The van der Waals surface area contributed by atoms with Gasteiger partial charge in [0.25, 0.3) is 0 Å². The summed E-state index contributed by atoms with van der Waals surface area (Å²) in [6, 6.07) is 0. The fourth-order valence-corrected chi connectivity index (χ4v) is 10.8. The van der Waals surface area contributed by atoms with Gasteiger partial charge in [0, 0.05) is 9.49 Å². The Balaban J connectivity index is 0. The molecule has 4 aliphatic rings. The topological polar surface area (TPSA) is 0 Å². The summed E-state index contributed by atoms with van der Waals surface area (Å²) in [5, 5.41) is 0. The van der Waals surface area contributed by atoms with Crippen molar-refractivity contribution in [1.82, 2.24) is 0 Å². The summed E-state index contributed by atoms with van der Waals surface area (Å²) in [6.45, 7) is 28.3. The van der Waals surface area contributed by atoms with Crippen molar-refractivity contribution in [2.24, 2.45) is 21.7 Å². The maximum Gasteiger partial charge on any atom is 2.00 e. The maximum atomic E-state index is 3.59. The van der Waals surface area contributed by atoms with Crippen molar-refractivity contribution >= 4 is 23.5 Å². The first kappa shape index (κ1) is 48.7. The Bertz CT molecular complexity index is 1140. The van der Waals surface area contributed by atoms with Crippen LogP contribution in [0.1, 0.15) is 109 Å². The van der Waals surface area contributed by atoms with E-state index in [4.69, 9.17) is 0 Å². The predicted octanol–water partition coefficient (Wildman–Crippen LogP) is 6.26. The van der Waals surface area contributed by atoms with E-state index in [2.05, 4.69) is 180 Å². The summed E-state index contributed by atoms with van der Waals surface area (Å²) in [7, 11) is 0. The van der Waals surface area contributed by atoms with Gasteiger partial charge in [-0.3, -0.25) is 12.2 Å². The van der Waals surface area contributed by atoms with Crippen LogP contribution in [0.25, 0.3) is 0 Å². The molecular formula is C40H58Cl2S2Ti2. The normalized spacial score (nSPS) is 23.7. The van der Waals surface area contributed by atoms with Crippen molar-refractivity contribution in [2.45, 2.75) is 118 Å². The number of thioether (sulfide) groups is 2. The minimum absolute atomic E-state index is 0. The van der Waals surface area contributed by atoms with Gasteiger partial charge in [-0.2, -0.15) is 12.2 Å². The quantitative estimate of drug-likeness (QED) is 0.212. The largest absolute Gasteiger partial charge is 2.00 e. The summed E-state index contributed by atoms with van der Waals surface area (Å²) in [5.41, 5.74) is 6.46. The van der Waals surface area contributed by atoms with E-state index in [0.29, 0.717) is 0 Å². The Morgan fingerprint density at radius 3 is 1.15 bits per heavy atom. The Morgan fingerprint density at radius 2 is 0.913 bits per heavy atom. The van der Waals surface area contributed by atoms with Gasteiger partial charge >= 0.3 is 43.4 Å². The number of halogens is 2. The Kier molecular flexibility index (Phi) is 20.4. The summed E-state index contributed by atoms with van der Waals surface area (Å²) in [4.78, 5) is 0. The first-order valence-corrected chi connectivity index (χ1v) is 18.1. The van der Waals surface area contributed by atoms with E-state index in [-0.39, 0.29) is 99.4 Å². The molecular weight excluding hydrogens is 711 g/mol. The molecule has 0 N–H and O–H groups in total. The molecule has 0 aromatic rings. The number of hydrogen-bond donors (Lipinski definition) is 0. The van der Waals surface area contributed by atoms with Gasteiger partial charge in [-0.25, -0.2) is 23.3 Å². The van der Waals surface area contributed by atoms with Gasteiger partial charge in [-0.1, -0.05) is 120 Å². The molecule has 0 amide bonds. The minimum atomic E-state index is 0. The zero-order valence-corrected chi connectivity index (χ0v) is 36.9. The second kappa shape index (κ2) is 19.3. The van der Waals surface area contributed by atoms with E-state index in [1.165, 1.54) is 11.1 Å². The number of hydrogen-bond acceptors (Lipinski definition) is 2. The molecule has 0 bridgehead atoms. The molecule has 6 heteroatoms. The van der Waals surface area contributed by atoms with Crippen molar-refractivity contribution in [1.29, 1.82) is 0 Å². The summed E-state index contributed by atoms with van der Waals surface area (Å²) >= 11 is 4.23. The van der Waals surface area contributed by atoms with Crippen LogP contribution in [0.15, 0.2) is 83.1 Å². The molecule has 0 aromatic heterocycles. The van der Waals surface area contributed by atoms with Crippen molar-refractivity contribution in [3.05, 3.63) is 95.2 Å². The molecule has 2 unspecified atom stereocenters. The van der Waals surface area contributed by atoms with Gasteiger partial charge < -0.3 is 24.8 Å². The smallest absolute Gasteiger partial charge is 1.00 e. The van der Waals surface area contributed by atoms with E-state index < -0.39 is 0 Å². The SMILES string of the molecule is CCSC1(C(C)(C)C2=[C-]CC=C2)CC=CC=C1C(C)(C)C.CCSC1(C(C)(C)C2=[C-]CC=C2)CC=CC=C1C(C)(C)C.[Cl-].[Cl-].[Ti+2].[Ti+2]. The molecule has 0 heterocycles. The van der Waals surface area contributed by atoms with Crippen LogP contribution in [-0.4, -0.2) is 21.0 Å². The molecule has 0 aliphatic heterocycles. The van der Waals surface area contributed by atoms with E-state index in [1.54, 1.807) is 11.1 Å². The van der Waals surface area contributed by atoms with Crippen molar-refractivity contribution in [3.8, 4) is 0 Å². The molecule has 0 saturated heterocycles. The van der Waals surface area contributed by atoms with E-state index >= 15 is 0 Å². The van der Waals surface area contributed by atoms with Crippen molar-refractivity contribution < 1.29 is 68.2 Å². The number of allylic oxidation sites excluding steroid dienone is 14. The van der Waals surface area contributed by atoms with Gasteiger partial charge in [0.15, 0.2) is 0 Å². The molecule has 252 valence electrons. The van der Waals surface area contributed by atoms with Crippen LogP contribution in [0.4, 0.5) is 0 Å². The van der Waals surface area contributed by atoms with Crippen LogP contribution in [0.5, 0.6) is 0 Å². The van der Waals surface area contributed by atoms with Gasteiger partial charge in [0.05, 0.1) is 0 Å². The molecule has 4 rings (SSSR count). The van der Waals surface area contributed by atoms with Crippen molar-refractivity contribution in [3.63, 3.8) is 0 Å². The van der Waals surface area contributed by atoms with Gasteiger partial charge in [0.1, 0.15) is 0 Å². The summed E-state index contributed by atoms with van der Waals surface area (Å²) in [5.74, 6) is 2.28. The molecule has 0 saturated carbocycles. The molecule has 0 spiro atoms. The van der Waals surface area contributed by atoms with E-state index in [1.807, 2.05) is 0 Å². The van der Waals surface area contributed by atoms with Crippen LogP contribution >= 0.6 is 23.5 Å². The van der Waals surface area contributed by atoms with Gasteiger partial charge in [-0.15, -0.1) is 36.4 Å². The van der Waals surface area contributed by atoms with Crippen LogP contribution in [-0.2, 0) is 43.4 Å². The standard InChI is InChI=1S/2C20H29S.2ClH.2Ti/c2*1-7-21-20(19(5,6)16-12-8-9-13-16)15-11-10-14-17(20)18(2,3)4;;;;/h2*8,10-12,14H,7,9,15H2,1-6H3;2*1H;;/q2*-1;;;2*+2/p-2. The third-order valence-corrected chi connectivity index (χ3v) is 13.0. The number of rotatable bonds is 8. The van der Waals surface area contributed by atoms with Gasteiger partial charge in [-0.05, 0) is 57.2 Å². The molecule has 46 heavy (non-hydrogen) atoms. The van der Waals surface area contributed by atoms with Crippen LogP contribution in [0, 0.1) is 33.8 Å². The van der Waals surface area contributed by atoms with E-state index in [9.17, 15) is 0 Å². The molecule has 0 nitrogen and oxygen atoms in total. The third-order valence-electron chi connectivity index (χ3n) is 9.63. The molecule has 0 aromatic carbocycles. The average Bonchev–Trinajstić information content (AvgIpc) is 3.64. The zero-order chi connectivity index (χ0) is 31.5. The first-order chi connectivity index (χ1) is 19.5.